The molecule has 17 heavy (non-hydrogen) atoms. The van der Waals surface area contributed by atoms with Gasteiger partial charge in [-0.25, -0.2) is 4.79 Å². The van der Waals surface area contributed by atoms with Gasteiger partial charge < -0.3 is 14.3 Å². The van der Waals surface area contributed by atoms with Crippen LogP contribution in [0.3, 0.4) is 0 Å². The normalized spacial score (nSPS) is 10.5. The first-order valence-electron chi connectivity index (χ1n) is 4.98. The molecule has 7 heteroatoms. The summed E-state index contributed by atoms with van der Waals surface area (Å²) >= 11 is 0. The topological polar surface area (TPSA) is 90.4 Å². The highest BCUT2D eigenvalue weighted by molar-refractivity contribution is 5.88. The molecule has 0 unspecified atom stereocenters. The van der Waals surface area contributed by atoms with Gasteiger partial charge in [0.2, 0.25) is 11.6 Å². The lowest BCUT2D eigenvalue weighted by molar-refractivity contribution is 0.0683. The van der Waals surface area contributed by atoms with Crippen LogP contribution in [0.4, 0.5) is 0 Å². The van der Waals surface area contributed by atoms with Crippen LogP contribution in [0.1, 0.15) is 17.4 Å². The van der Waals surface area contributed by atoms with Crippen LogP contribution in [-0.4, -0.2) is 32.4 Å². The minimum Gasteiger partial charge on any atom is -0.476 e. The Morgan fingerprint density at radius 3 is 2.94 bits per heavy atom. The average Bonchev–Trinajstić information content (AvgIpc) is 2.84. The number of oxazole rings is 1. The molecule has 2 rings (SSSR count). The molecule has 1 N–H and O–H groups in total. The molecule has 7 nitrogen and oxygen atoms in total. The summed E-state index contributed by atoms with van der Waals surface area (Å²) in [6, 6.07) is 1.67. The standard InChI is InChI=1S/C10H11N3O4/c1-3-16-10-7(9(14)15)12-8(17-10)6-4-5-11-13(6)2/h4-5H,3H2,1-2H3,(H,14,15). The van der Waals surface area contributed by atoms with E-state index in [1.54, 1.807) is 26.2 Å². The Morgan fingerprint density at radius 1 is 1.65 bits per heavy atom. The van der Waals surface area contributed by atoms with Gasteiger partial charge in [-0.2, -0.15) is 10.1 Å². The van der Waals surface area contributed by atoms with Gasteiger partial charge in [-0.15, -0.1) is 0 Å². The number of hydrogen-bond donors (Lipinski definition) is 1. The first kappa shape index (κ1) is 11.2. The predicted molar refractivity (Wildman–Crippen MR) is 56.8 cm³/mol. The number of ether oxygens (including phenoxy) is 1. The molecule has 0 saturated carbocycles. The third-order valence-corrected chi connectivity index (χ3v) is 2.11. The maximum Gasteiger partial charge on any atom is 0.362 e. The Morgan fingerprint density at radius 2 is 2.41 bits per heavy atom. The van der Waals surface area contributed by atoms with E-state index in [9.17, 15) is 4.79 Å². The lowest BCUT2D eigenvalue weighted by atomic mass is 10.4. The molecule has 2 heterocycles. The molecule has 0 spiro atoms. The second kappa shape index (κ2) is 4.28. The lowest BCUT2D eigenvalue weighted by Crippen LogP contribution is -2.01. The molecular formula is C10H11N3O4. The van der Waals surface area contributed by atoms with Gasteiger partial charge in [0.1, 0.15) is 5.69 Å². The Balaban J connectivity index is 2.47. The molecule has 0 radical (unpaired) electrons. The van der Waals surface area contributed by atoms with E-state index in [0.29, 0.717) is 12.3 Å². The summed E-state index contributed by atoms with van der Waals surface area (Å²) in [5, 5.41) is 12.9. The zero-order valence-corrected chi connectivity index (χ0v) is 9.38. The fraction of sp³-hybridized carbons (Fsp3) is 0.300. The van der Waals surface area contributed by atoms with Crippen LogP contribution in [0.25, 0.3) is 11.6 Å². The second-order valence-corrected chi connectivity index (χ2v) is 3.23. The second-order valence-electron chi connectivity index (χ2n) is 3.23. The molecule has 2 aromatic heterocycles. The van der Waals surface area contributed by atoms with E-state index in [0.717, 1.165) is 0 Å². The third-order valence-electron chi connectivity index (χ3n) is 2.11. The van der Waals surface area contributed by atoms with Crippen LogP contribution < -0.4 is 4.74 Å². The van der Waals surface area contributed by atoms with Crippen LogP contribution in [0.15, 0.2) is 16.7 Å². The number of aromatic nitrogens is 3. The molecule has 90 valence electrons. The number of aromatic carboxylic acids is 1. The molecule has 0 fully saturated rings. The largest absolute Gasteiger partial charge is 0.476 e. The van der Waals surface area contributed by atoms with Crippen molar-refractivity contribution in [2.75, 3.05) is 6.61 Å². The molecule has 0 aliphatic rings. The van der Waals surface area contributed by atoms with E-state index in [1.165, 1.54) is 4.68 Å². The minimum absolute atomic E-state index is 0.0869. The van der Waals surface area contributed by atoms with Gasteiger partial charge in [-0.3, -0.25) is 4.68 Å². The molecule has 0 bridgehead atoms. The van der Waals surface area contributed by atoms with Gasteiger partial charge in [-0.05, 0) is 13.0 Å². The summed E-state index contributed by atoms with van der Waals surface area (Å²) in [6.45, 7) is 2.04. The van der Waals surface area contributed by atoms with Crippen molar-refractivity contribution >= 4 is 5.97 Å². The van der Waals surface area contributed by atoms with E-state index >= 15 is 0 Å². The van der Waals surface area contributed by atoms with Gasteiger partial charge in [0.25, 0.3) is 0 Å². The highest BCUT2D eigenvalue weighted by Crippen LogP contribution is 2.26. The molecular weight excluding hydrogens is 226 g/mol. The van der Waals surface area contributed by atoms with Crippen LogP contribution in [-0.2, 0) is 7.05 Å². The molecule has 0 aliphatic heterocycles. The van der Waals surface area contributed by atoms with Crippen molar-refractivity contribution < 1.29 is 19.1 Å². The fourth-order valence-corrected chi connectivity index (χ4v) is 1.36. The lowest BCUT2D eigenvalue weighted by Gasteiger charge is -1.97. The van der Waals surface area contributed by atoms with Gasteiger partial charge in [0.15, 0.2) is 0 Å². The van der Waals surface area contributed by atoms with Gasteiger partial charge in [0, 0.05) is 13.2 Å². The van der Waals surface area contributed by atoms with Crippen molar-refractivity contribution in [2.45, 2.75) is 6.92 Å². The van der Waals surface area contributed by atoms with Crippen LogP contribution in [0, 0.1) is 0 Å². The van der Waals surface area contributed by atoms with Crippen LogP contribution >= 0.6 is 0 Å². The Bertz CT molecular complexity index is 543. The van der Waals surface area contributed by atoms with E-state index in [-0.39, 0.29) is 17.5 Å². The predicted octanol–water partition coefficient (Wildman–Crippen LogP) is 1.17. The first-order valence-corrected chi connectivity index (χ1v) is 4.98. The van der Waals surface area contributed by atoms with Crippen molar-refractivity contribution in [3.05, 3.63) is 18.0 Å². The first-order chi connectivity index (χ1) is 8.13. The average molecular weight is 237 g/mol. The number of nitrogens with zero attached hydrogens (tertiary/aromatic N) is 3. The summed E-state index contributed by atoms with van der Waals surface area (Å²) in [7, 11) is 1.71. The Kier molecular flexibility index (Phi) is 2.82. The maximum atomic E-state index is 10.9. The molecule has 0 saturated heterocycles. The van der Waals surface area contributed by atoms with E-state index in [4.69, 9.17) is 14.3 Å². The van der Waals surface area contributed by atoms with Crippen molar-refractivity contribution in [2.24, 2.45) is 7.05 Å². The summed E-state index contributed by atoms with van der Waals surface area (Å²) in [4.78, 5) is 14.8. The van der Waals surface area contributed by atoms with Gasteiger partial charge in [-0.1, -0.05) is 0 Å². The van der Waals surface area contributed by atoms with E-state index < -0.39 is 5.97 Å². The summed E-state index contributed by atoms with van der Waals surface area (Å²) < 4.78 is 11.9. The van der Waals surface area contributed by atoms with E-state index in [2.05, 4.69) is 10.1 Å². The quantitative estimate of drug-likeness (QED) is 0.858. The highest BCUT2D eigenvalue weighted by Gasteiger charge is 2.22. The number of carboxylic acid groups (broad SMARTS) is 1. The Hall–Kier alpha value is -2.31. The van der Waals surface area contributed by atoms with E-state index in [1.807, 2.05) is 0 Å². The van der Waals surface area contributed by atoms with Gasteiger partial charge in [0.05, 0.1) is 6.61 Å². The SMILES string of the molecule is CCOc1oc(-c2ccnn2C)nc1C(=O)O. The smallest absolute Gasteiger partial charge is 0.362 e. The molecule has 0 aromatic carbocycles. The maximum absolute atomic E-state index is 10.9. The molecule has 0 atom stereocenters. The number of rotatable bonds is 4. The molecule has 0 aliphatic carbocycles. The summed E-state index contributed by atoms with van der Waals surface area (Å²) in [5.74, 6) is -1.10. The summed E-state index contributed by atoms with van der Waals surface area (Å²) in [6.07, 6.45) is 1.57. The van der Waals surface area contributed by atoms with Crippen molar-refractivity contribution in [3.8, 4) is 17.5 Å². The highest BCUT2D eigenvalue weighted by atomic mass is 16.6. The third kappa shape index (κ3) is 1.99. The molecule has 2 aromatic rings. The monoisotopic (exact) mass is 237 g/mol. The number of aryl methyl sites for hydroxylation is 1. The van der Waals surface area contributed by atoms with Crippen LogP contribution in [0.2, 0.25) is 0 Å². The summed E-state index contributed by atoms with van der Waals surface area (Å²) in [5.41, 5.74) is 0.349. The fourth-order valence-electron chi connectivity index (χ4n) is 1.36. The van der Waals surface area contributed by atoms with Crippen molar-refractivity contribution in [1.82, 2.24) is 14.8 Å². The number of hydrogen-bond acceptors (Lipinski definition) is 5. The molecule has 0 amide bonds. The Labute approximate surface area is 96.6 Å². The van der Waals surface area contributed by atoms with Gasteiger partial charge >= 0.3 is 11.9 Å². The minimum atomic E-state index is -1.19. The number of carbonyl (C=O) groups is 1. The zero-order chi connectivity index (χ0) is 12.4. The zero-order valence-electron chi connectivity index (χ0n) is 9.38. The van der Waals surface area contributed by atoms with Crippen molar-refractivity contribution in [3.63, 3.8) is 0 Å². The number of carboxylic acids is 1. The van der Waals surface area contributed by atoms with Crippen molar-refractivity contribution in [1.29, 1.82) is 0 Å². The van der Waals surface area contributed by atoms with Crippen LogP contribution in [0.5, 0.6) is 5.95 Å².